The lowest BCUT2D eigenvalue weighted by Crippen LogP contribution is -2.37. The van der Waals surface area contributed by atoms with Gasteiger partial charge in [-0.05, 0) is 28.9 Å². The standard InChI is InChI=1S/C11H12BrN3OS2/c1-6(3-13)14-10(16)8-5-18-11(15-8)9-2-7(12)4-17-9/h2,4-6H,3,13H2,1H3,(H,14,16)/t6-/m0/s1. The van der Waals surface area contributed by atoms with Crippen molar-refractivity contribution in [1.82, 2.24) is 10.3 Å². The molecule has 0 saturated heterocycles. The molecule has 0 aromatic carbocycles. The fraction of sp³-hybridized carbons (Fsp3) is 0.273. The lowest BCUT2D eigenvalue weighted by atomic mass is 10.3. The maximum atomic E-state index is 11.8. The summed E-state index contributed by atoms with van der Waals surface area (Å²) in [6, 6.07) is 1.95. The van der Waals surface area contributed by atoms with Gasteiger partial charge in [0.15, 0.2) is 0 Å². The molecule has 0 aliphatic heterocycles. The van der Waals surface area contributed by atoms with Crippen LogP contribution in [0.3, 0.4) is 0 Å². The van der Waals surface area contributed by atoms with Gasteiger partial charge in [-0.3, -0.25) is 4.79 Å². The zero-order chi connectivity index (χ0) is 13.1. The molecule has 96 valence electrons. The van der Waals surface area contributed by atoms with Gasteiger partial charge in [-0.2, -0.15) is 0 Å². The van der Waals surface area contributed by atoms with E-state index >= 15 is 0 Å². The Kier molecular flexibility index (Phi) is 4.50. The van der Waals surface area contributed by atoms with Crippen LogP contribution in [-0.2, 0) is 0 Å². The molecule has 0 unspecified atom stereocenters. The number of aromatic nitrogens is 1. The zero-order valence-corrected chi connectivity index (χ0v) is 12.9. The molecule has 0 aliphatic rings. The molecule has 18 heavy (non-hydrogen) atoms. The van der Waals surface area contributed by atoms with Gasteiger partial charge < -0.3 is 11.1 Å². The number of hydrogen-bond acceptors (Lipinski definition) is 5. The van der Waals surface area contributed by atoms with Crippen molar-refractivity contribution >= 4 is 44.5 Å². The average Bonchev–Trinajstić information content (AvgIpc) is 2.96. The van der Waals surface area contributed by atoms with E-state index in [0.29, 0.717) is 12.2 Å². The summed E-state index contributed by atoms with van der Waals surface area (Å²) in [6.45, 7) is 2.28. The number of nitrogens with one attached hydrogen (secondary N) is 1. The smallest absolute Gasteiger partial charge is 0.271 e. The minimum atomic E-state index is -0.175. The number of carbonyl (C=O) groups excluding carboxylic acids is 1. The number of carbonyl (C=O) groups is 1. The van der Waals surface area contributed by atoms with E-state index < -0.39 is 0 Å². The van der Waals surface area contributed by atoms with Gasteiger partial charge in [-0.15, -0.1) is 22.7 Å². The lowest BCUT2D eigenvalue weighted by molar-refractivity contribution is 0.0937. The maximum absolute atomic E-state index is 11.8. The first kappa shape index (κ1) is 13.7. The van der Waals surface area contributed by atoms with E-state index in [2.05, 4.69) is 26.2 Å². The van der Waals surface area contributed by atoms with Crippen LogP contribution in [0.4, 0.5) is 0 Å². The topological polar surface area (TPSA) is 68.0 Å². The van der Waals surface area contributed by atoms with Crippen LogP contribution >= 0.6 is 38.6 Å². The van der Waals surface area contributed by atoms with Crippen LogP contribution in [-0.4, -0.2) is 23.5 Å². The molecular formula is C11H12BrN3OS2. The van der Waals surface area contributed by atoms with Gasteiger partial charge in [0, 0.05) is 27.8 Å². The number of nitrogens with two attached hydrogens (primary N) is 1. The largest absolute Gasteiger partial charge is 0.347 e. The van der Waals surface area contributed by atoms with Crippen molar-refractivity contribution in [2.24, 2.45) is 5.73 Å². The van der Waals surface area contributed by atoms with Crippen LogP contribution in [0.25, 0.3) is 9.88 Å². The highest BCUT2D eigenvalue weighted by atomic mass is 79.9. The van der Waals surface area contributed by atoms with Gasteiger partial charge in [-0.1, -0.05) is 0 Å². The van der Waals surface area contributed by atoms with E-state index in [9.17, 15) is 4.79 Å². The first-order valence-electron chi connectivity index (χ1n) is 5.31. The molecule has 1 atom stereocenters. The second-order valence-electron chi connectivity index (χ2n) is 3.78. The zero-order valence-electron chi connectivity index (χ0n) is 9.64. The Morgan fingerprint density at radius 3 is 2.94 bits per heavy atom. The molecule has 2 aromatic heterocycles. The van der Waals surface area contributed by atoms with Gasteiger partial charge in [-0.25, -0.2) is 4.98 Å². The second-order valence-corrected chi connectivity index (χ2v) is 6.46. The van der Waals surface area contributed by atoms with Crippen LogP contribution in [0.15, 0.2) is 21.3 Å². The molecule has 0 fully saturated rings. The van der Waals surface area contributed by atoms with Crippen LogP contribution in [0, 0.1) is 0 Å². The highest BCUT2D eigenvalue weighted by molar-refractivity contribution is 9.10. The van der Waals surface area contributed by atoms with Crippen molar-refractivity contribution in [2.75, 3.05) is 6.54 Å². The van der Waals surface area contributed by atoms with E-state index in [-0.39, 0.29) is 11.9 Å². The van der Waals surface area contributed by atoms with Crippen LogP contribution in [0.1, 0.15) is 17.4 Å². The predicted octanol–water partition coefficient (Wildman–Crippen LogP) is 2.71. The van der Waals surface area contributed by atoms with Gasteiger partial charge in [0.25, 0.3) is 5.91 Å². The summed E-state index contributed by atoms with van der Waals surface area (Å²) in [6.07, 6.45) is 0. The van der Waals surface area contributed by atoms with Gasteiger partial charge in [0.2, 0.25) is 0 Å². The summed E-state index contributed by atoms with van der Waals surface area (Å²) in [5.74, 6) is -0.175. The van der Waals surface area contributed by atoms with Crippen LogP contribution in [0.2, 0.25) is 0 Å². The summed E-state index contributed by atoms with van der Waals surface area (Å²) < 4.78 is 1.03. The van der Waals surface area contributed by atoms with Crippen LogP contribution < -0.4 is 11.1 Å². The molecule has 2 heterocycles. The van der Waals surface area contributed by atoms with Crippen molar-refractivity contribution in [3.63, 3.8) is 0 Å². The third kappa shape index (κ3) is 3.17. The molecule has 2 rings (SSSR count). The molecule has 7 heteroatoms. The van der Waals surface area contributed by atoms with Gasteiger partial charge in [0.1, 0.15) is 10.7 Å². The molecule has 1 amide bonds. The minimum absolute atomic E-state index is 0.0430. The van der Waals surface area contributed by atoms with E-state index in [1.54, 1.807) is 16.7 Å². The first-order chi connectivity index (χ1) is 8.60. The van der Waals surface area contributed by atoms with E-state index in [4.69, 9.17) is 5.73 Å². The fourth-order valence-electron chi connectivity index (χ4n) is 1.27. The van der Waals surface area contributed by atoms with Crippen molar-refractivity contribution in [1.29, 1.82) is 0 Å². The van der Waals surface area contributed by atoms with Crippen molar-refractivity contribution in [2.45, 2.75) is 13.0 Å². The first-order valence-corrected chi connectivity index (χ1v) is 7.86. The summed E-state index contributed by atoms with van der Waals surface area (Å²) in [7, 11) is 0. The highest BCUT2D eigenvalue weighted by Gasteiger charge is 2.14. The van der Waals surface area contributed by atoms with E-state index in [1.807, 2.05) is 18.4 Å². The summed E-state index contributed by atoms with van der Waals surface area (Å²) in [4.78, 5) is 17.2. The highest BCUT2D eigenvalue weighted by Crippen LogP contribution is 2.31. The number of rotatable bonds is 4. The Bertz CT molecular complexity index is 552. The summed E-state index contributed by atoms with van der Waals surface area (Å²) >= 11 is 6.46. The number of thiazole rings is 1. The van der Waals surface area contributed by atoms with E-state index in [0.717, 1.165) is 14.4 Å². The van der Waals surface area contributed by atoms with Crippen LogP contribution in [0.5, 0.6) is 0 Å². The minimum Gasteiger partial charge on any atom is -0.347 e. The number of halogens is 1. The third-order valence-corrected chi connectivity index (χ3v) is 4.95. The number of amides is 1. The Morgan fingerprint density at radius 2 is 2.33 bits per heavy atom. The van der Waals surface area contributed by atoms with Gasteiger partial charge >= 0.3 is 0 Å². The Labute approximate surface area is 121 Å². The Balaban J connectivity index is 2.13. The normalized spacial score (nSPS) is 12.4. The predicted molar refractivity (Wildman–Crippen MR) is 79.1 cm³/mol. The molecule has 0 radical (unpaired) electrons. The molecule has 3 N–H and O–H groups in total. The second kappa shape index (κ2) is 5.92. The molecule has 0 bridgehead atoms. The number of nitrogens with zero attached hydrogens (tertiary/aromatic N) is 1. The van der Waals surface area contributed by atoms with Crippen molar-refractivity contribution < 1.29 is 4.79 Å². The average molecular weight is 346 g/mol. The number of hydrogen-bond donors (Lipinski definition) is 2. The van der Waals surface area contributed by atoms with Gasteiger partial charge in [0.05, 0.1) is 4.88 Å². The molecule has 4 nitrogen and oxygen atoms in total. The van der Waals surface area contributed by atoms with Crippen molar-refractivity contribution in [3.05, 3.63) is 27.0 Å². The molecule has 0 aliphatic carbocycles. The molecule has 0 saturated carbocycles. The maximum Gasteiger partial charge on any atom is 0.271 e. The van der Waals surface area contributed by atoms with E-state index in [1.165, 1.54) is 11.3 Å². The SMILES string of the molecule is C[C@@H](CN)NC(=O)c1csc(-c2cc(Br)cs2)n1. The lowest BCUT2D eigenvalue weighted by Gasteiger charge is -2.09. The third-order valence-electron chi connectivity index (χ3n) is 2.25. The molecule has 2 aromatic rings. The number of thiophene rings is 1. The molecule has 0 spiro atoms. The summed E-state index contributed by atoms with van der Waals surface area (Å²) in [5.41, 5.74) is 5.91. The quantitative estimate of drug-likeness (QED) is 0.894. The Hall–Kier alpha value is -0.760. The Morgan fingerprint density at radius 1 is 1.56 bits per heavy atom. The monoisotopic (exact) mass is 345 g/mol. The molecular weight excluding hydrogens is 334 g/mol. The fourth-order valence-corrected chi connectivity index (χ4v) is 3.58. The summed E-state index contributed by atoms with van der Waals surface area (Å²) in [5, 5.41) is 7.41. The van der Waals surface area contributed by atoms with Crippen molar-refractivity contribution in [3.8, 4) is 9.88 Å².